The lowest BCUT2D eigenvalue weighted by atomic mass is 9.98. The molecule has 0 aliphatic carbocycles. The van der Waals surface area contributed by atoms with Crippen LogP contribution in [0.3, 0.4) is 0 Å². The summed E-state index contributed by atoms with van der Waals surface area (Å²) in [6.07, 6.45) is 3.99. The normalized spacial score (nSPS) is 28.4. The van der Waals surface area contributed by atoms with Crippen LogP contribution in [-0.2, 0) is 16.0 Å². The summed E-state index contributed by atoms with van der Waals surface area (Å²) in [5.41, 5.74) is 0.990. The van der Waals surface area contributed by atoms with Crippen LogP contribution < -0.4 is 0 Å². The van der Waals surface area contributed by atoms with Crippen molar-refractivity contribution in [1.82, 2.24) is 9.80 Å². The molecule has 0 spiro atoms. The Morgan fingerprint density at radius 3 is 1.91 bits per heavy atom. The minimum Gasteiger partial charge on any atom is -0.392 e. The summed E-state index contributed by atoms with van der Waals surface area (Å²) in [5, 5.41) is 9.78. The van der Waals surface area contributed by atoms with Gasteiger partial charge >= 0.3 is 0 Å². The third-order valence-corrected chi connectivity index (χ3v) is 7.06. The Morgan fingerprint density at radius 1 is 0.957 bits per heavy atom. The molecule has 2 amide bonds. The average Bonchev–Trinajstić information content (AvgIpc) is 2.59. The highest BCUT2D eigenvalue weighted by atomic mass is 32.2. The second-order valence-corrected chi connectivity index (χ2v) is 7.69. The van der Waals surface area contributed by atoms with Gasteiger partial charge in [0, 0.05) is 20.5 Å². The smallest absolute Gasteiger partial charge is 0.262 e. The molecule has 126 valence electrons. The van der Waals surface area contributed by atoms with Crippen molar-refractivity contribution in [2.24, 2.45) is 0 Å². The zero-order chi connectivity index (χ0) is 17.3. The summed E-state index contributed by atoms with van der Waals surface area (Å²) in [5.74, 6) is -0.417. The topological polar surface area (TPSA) is 60.9 Å². The number of carbonyl (C=O) groups is 2. The van der Waals surface area contributed by atoms with Crippen LogP contribution in [0.2, 0.25) is 0 Å². The van der Waals surface area contributed by atoms with E-state index in [2.05, 4.69) is 0 Å². The van der Waals surface area contributed by atoms with E-state index in [9.17, 15) is 14.7 Å². The fourth-order valence-corrected chi connectivity index (χ4v) is 4.74. The second-order valence-electron chi connectivity index (χ2n) is 5.53. The molecule has 0 aromatic heterocycles. The molecule has 1 fully saturated rings. The number of benzene rings is 1. The number of likely N-dealkylation sites (N-methyl/N-ethyl adjacent to an activating group) is 2. The molecule has 1 aliphatic heterocycles. The van der Waals surface area contributed by atoms with Gasteiger partial charge in [-0.1, -0.05) is 30.3 Å². The predicted molar refractivity (Wildman–Crippen MR) is 95.3 cm³/mol. The van der Waals surface area contributed by atoms with E-state index in [0.29, 0.717) is 6.42 Å². The predicted octanol–water partition coefficient (Wildman–Crippen LogP) is 1.27. The lowest BCUT2D eigenvalue weighted by Gasteiger charge is -2.53. The fraction of sp³-hybridized carbons (Fsp3) is 0.500. The summed E-state index contributed by atoms with van der Waals surface area (Å²) in [4.78, 5) is 26.8. The van der Waals surface area contributed by atoms with Crippen LogP contribution in [0.25, 0.3) is 0 Å². The third kappa shape index (κ3) is 2.64. The monoisotopic (exact) mass is 354 g/mol. The van der Waals surface area contributed by atoms with Gasteiger partial charge in [-0.05, 0) is 18.1 Å². The molecule has 0 unspecified atom stereocenters. The van der Waals surface area contributed by atoms with E-state index in [-0.39, 0.29) is 11.8 Å². The number of aliphatic hydroxyl groups is 1. The molecule has 2 atom stereocenters. The van der Waals surface area contributed by atoms with Gasteiger partial charge in [0.1, 0.15) is 0 Å². The second kappa shape index (κ2) is 6.75. The van der Waals surface area contributed by atoms with Gasteiger partial charge in [-0.2, -0.15) is 0 Å². The highest BCUT2D eigenvalue weighted by molar-refractivity contribution is 8.01. The summed E-state index contributed by atoms with van der Waals surface area (Å²) >= 11 is 2.55. The van der Waals surface area contributed by atoms with Crippen LogP contribution in [0.5, 0.6) is 0 Å². The Labute approximate surface area is 145 Å². The number of hydrogen-bond acceptors (Lipinski definition) is 5. The van der Waals surface area contributed by atoms with Gasteiger partial charge in [-0.25, -0.2) is 0 Å². The number of amides is 2. The molecule has 0 radical (unpaired) electrons. The van der Waals surface area contributed by atoms with Crippen LogP contribution in [0.15, 0.2) is 30.3 Å². The Balaban J connectivity index is 2.49. The van der Waals surface area contributed by atoms with E-state index < -0.39 is 16.3 Å². The maximum atomic E-state index is 13.2. The van der Waals surface area contributed by atoms with Gasteiger partial charge in [0.15, 0.2) is 9.74 Å². The summed E-state index contributed by atoms with van der Waals surface area (Å²) in [6, 6.07) is 9.66. The molecular weight excluding hydrogens is 332 g/mol. The van der Waals surface area contributed by atoms with Gasteiger partial charge in [-0.15, -0.1) is 23.5 Å². The Bertz CT molecular complexity index is 592. The largest absolute Gasteiger partial charge is 0.392 e. The van der Waals surface area contributed by atoms with Gasteiger partial charge in [0.05, 0.1) is 6.61 Å². The van der Waals surface area contributed by atoms with Crippen LogP contribution in [0.4, 0.5) is 0 Å². The van der Waals surface area contributed by atoms with Gasteiger partial charge in [0.2, 0.25) is 0 Å². The fourth-order valence-electron chi connectivity index (χ4n) is 2.96. The van der Waals surface area contributed by atoms with Gasteiger partial charge in [0.25, 0.3) is 11.8 Å². The summed E-state index contributed by atoms with van der Waals surface area (Å²) in [6.45, 7) is -0.407. The summed E-state index contributed by atoms with van der Waals surface area (Å²) < 4.78 is 0. The van der Waals surface area contributed by atoms with Crippen molar-refractivity contribution in [3.05, 3.63) is 35.9 Å². The molecule has 7 heteroatoms. The number of aliphatic hydroxyl groups excluding tert-OH is 1. The first kappa shape index (κ1) is 18.2. The van der Waals surface area contributed by atoms with E-state index in [1.54, 1.807) is 20.4 Å². The Morgan fingerprint density at radius 2 is 1.43 bits per heavy atom. The van der Waals surface area contributed by atoms with Crippen molar-refractivity contribution < 1.29 is 14.7 Å². The number of piperazine rings is 1. The van der Waals surface area contributed by atoms with Crippen LogP contribution >= 0.6 is 23.5 Å². The minimum atomic E-state index is -1.25. The third-order valence-electron chi connectivity index (χ3n) is 4.54. The number of thioether (sulfide) groups is 2. The molecular formula is C16H22N2O3S2. The van der Waals surface area contributed by atoms with Gasteiger partial charge < -0.3 is 14.9 Å². The van der Waals surface area contributed by atoms with Crippen LogP contribution in [-0.4, -0.2) is 69.7 Å². The number of carbonyl (C=O) groups excluding carboxylic acids is 2. The maximum Gasteiger partial charge on any atom is 0.262 e. The van der Waals surface area contributed by atoms with Crippen LogP contribution in [0, 0.1) is 0 Å². The molecule has 1 saturated heterocycles. The molecule has 5 nitrogen and oxygen atoms in total. The van der Waals surface area contributed by atoms with Crippen molar-refractivity contribution in [2.45, 2.75) is 16.2 Å². The van der Waals surface area contributed by atoms with Crippen LogP contribution in [0.1, 0.15) is 5.56 Å². The molecule has 0 saturated carbocycles. The van der Waals surface area contributed by atoms with E-state index in [1.807, 2.05) is 36.6 Å². The lowest BCUT2D eigenvalue weighted by molar-refractivity contribution is -0.165. The lowest BCUT2D eigenvalue weighted by Crippen LogP contribution is -2.74. The van der Waals surface area contributed by atoms with E-state index in [0.717, 1.165) is 5.56 Å². The van der Waals surface area contributed by atoms with Crippen molar-refractivity contribution in [2.75, 3.05) is 33.2 Å². The zero-order valence-electron chi connectivity index (χ0n) is 13.8. The first-order valence-corrected chi connectivity index (χ1v) is 9.66. The quantitative estimate of drug-likeness (QED) is 0.863. The molecule has 1 aromatic rings. The highest BCUT2D eigenvalue weighted by Gasteiger charge is 2.60. The molecule has 23 heavy (non-hydrogen) atoms. The molecule has 1 N–H and O–H groups in total. The van der Waals surface area contributed by atoms with Crippen molar-refractivity contribution in [1.29, 1.82) is 0 Å². The zero-order valence-corrected chi connectivity index (χ0v) is 15.4. The average molecular weight is 354 g/mol. The minimum absolute atomic E-state index is 0.167. The number of hydrogen-bond donors (Lipinski definition) is 1. The van der Waals surface area contributed by atoms with E-state index in [4.69, 9.17) is 0 Å². The number of rotatable bonds is 5. The highest BCUT2D eigenvalue weighted by Crippen LogP contribution is 2.43. The Hall–Kier alpha value is -1.18. The molecule has 1 aliphatic rings. The summed E-state index contributed by atoms with van der Waals surface area (Å²) in [7, 11) is 3.24. The molecule has 1 aromatic carbocycles. The first-order valence-electron chi connectivity index (χ1n) is 7.21. The Kier molecular flexibility index (Phi) is 5.33. The molecule has 0 bridgehead atoms. The van der Waals surface area contributed by atoms with Crippen molar-refractivity contribution in [3.8, 4) is 0 Å². The van der Waals surface area contributed by atoms with Crippen molar-refractivity contribution >= 4 is 35.3 Å². The van der Waals surface area contributed by atoms with Crippen molar-refractivity contribution in [3.63, 3.8) is 0 Å². The number of nitrogens with zero attached hydrogens (tertiary/aromatic N) is 2. The molecule has 2 rings (SSSR count). The van der Waals surface area contributed by atoms with Gasteiger partial charge in [-0.3, -0.25) is 9.59 Å². The SMILES string of the molecule is CS[C@@]1(CO)C(=O)N(C)[C@](Cc2ccccc2)(SC)C(=O)N1C. The molecule has 1 heterocycles. The van der Waals surface area contributed by atoms with E-state index >= 15 is 0 Å². The standard InChI is InChI=1S/C16H22N2O3S2/c1-17-14(21)16(11-19,23-4)18(2)13(20)15(17,22-3)10-12-8-6-5-7-9-12/h5-9,19H,10-11H2,1-4H3/t15-,16+/m1/s1. The first-order chi connectivity index (χ1) is 10.9. The maximum absolute atomic E-state index is 13.2. The van der Waals surface area contributed by atoms with E-state index in [1.165, 1.54) is 33.3 Å².